The Morgan fingerprint density at radius 2 is 2.25 bits per heavy atom. The first-order valence-electron chi connectivity index (χ1n) is 6.61. The second kappa shape index (κ2) is 6.74. The number of hydrogen-bond donors (Lipinski definition) is 4. The van der Waals surface area contributed by atoms with Crippen LogP contribution in [-0.4, -0.2) is 26.4 Å². The normalized spacial score (nSPS) is 21.2. The van der Waals surface area contributed by atoms with Crippen LogP contribution in [0.2, 0.25) is 5.02 Å². The van der Waals surface area contributed by atoms with Gasteiger partial charge in [0, 0.05) is 23.3 Å². The summed E-state index contributed by atoms with van der Waals surface area (Å²) in [6, 6.07) is 7.39. The molecule has 6 heteroatoms. The highest BCUT2D eigenvalue weighted by atomic mass is 35.5. The number of nitrogens with two attached hydrogens (primary N) is 1. The van der Waals surface area contributed by atoms with Crippen molar-refractivity contribution in [2.45, 2.75) is 12.2 Å². The summed E-state index contributed by atoms with van der Waals surface area (Å²) < 4.78 is 0. The average molecular weight is 294 g/mol. The Morgan fingerprint density at radius 1 is 1.40 bits per heavy atom. The molecule has 20 heavy (non-hydrogen) atoms. The van der Waals surface area contributed by atoms with Gasteiger partial charge < -0.3 is 16.0 Å². The third-order valence-electron chi connectivity index (χ3n) is 3.03. The maximum absolute atomic E-state index is 6.31. The van der Waals surface area contributed by atoms with Crippen LogP contribution in [0.5, 0.6) is 0 Å². The van der Waals surface area contributed by atoms with E-state index in [-0.39, 0.29) is 0 Å². The number of nitrogens with one attached hydrogen (secondary N) is 3. The van der Waals surface area contributed by atoms with Crippen LogP contribution in [0.15, 0.2) is 41.2 Å². The Bertz CT molecular complexity index is 514. The van der Waals surface area contributed by atoms with E-state index in [0.29, 0.717) is 5.02 Å². The van der Waals surface area contributed by atoms with E-state index in [1.807, 2.05) is 37.4 Å². The first-order valence-corrected chi connectivity index (χ1v) is 6.99. The molecule has 1 heterocycles. The Balaban J connectivity index is 2.01. The van der Waals surface area contributed by atoms with E-state index in [9.17, 15) is 0 Å². The van der Waals surface area contributed by atoms with Gasteiger partial charge in [-0.3, -0.25) is 5.73 Å². The first kappa shape index (κ1) is 14.8. The van der Waals surface area contributed by atoms with Crippen molar-refractivity contribution < 1.29 is 0 Å². The van der Waals surface area contributed by atoms with E-state index in [1.54, 1.807) is 6.21 Å². The predicted octanol–water partition coefficient (Wildman–Crippen LogP) is 1.12. The predicted molar refractivity (Wildman–Crippen MR) is 83.6 cm³/mol. The van der Waals surface area contributed by atoms with Crippen molar-refractivity contribution in [1.29, 1.82) is 0 Å². The summed E-state index contributed by atoms with van der Waals surface area (Å²) in [4.78, 5) is 4.32. The van der Waals surface area contributed by atoms with Gasteiger partial charge in [-0.15, -0.1) is 0 Å². The van der Waals surface area contributed by atoms with Gasteiger partial charge in [0.1, 0.15) is 5.82 Å². The highest BCUT2D eigenvalue weighted by molar-refractivity contribution is 6.30. The summed E-state index contributed by atoms with van der Waals surface area (Å²) in [5.74, 6) is -0.121. The van der Waals surface area contributed by atoms with E-state index in [2.05, 4.69) is 20.9 Å². The molecule has 0 saturated carbocycles. The van der Waals surface area contributed by atoms with Crippen molar-refractivity contribution >= 4 is 17.8 Å². The van der Waals surface area contributed by atoms with Crippen molar-refractivity contribution in [2.75, 3.05) is 20.1 Å². The second-order valence-corrected chi connectivity index (χ2v) is 5.08. The molecule has 0 amide bonds. The molecule has 0 bridgehead atoms. The van der Waals surface area contributed by atoms with Crippen molar-refractivity contribution in [3.63, 3.8) is 0 Å². The lowest BCUT2D eigenvalue weighted by Gasteiger charge is -2.31. The minimum atomic E-state index is -0.981. The van der Waals surface area contributed by atoms with Gasteiger partial charge in [0.25, 0.3) is 0 Å². The van der Waals surface area contributed by atoms with Crippen LogP contribution in [0.1, 0.15) is 12.0 Å². The molecule has 0 fully saturated rings. The van der Waals surface area contributed by atoms with Gasteiger partial charge in [-0.25, -0.2) is 4.99 Å². The fourth-order valence-corrected chi connectivity index (χ4v) is 2.16. The van der Waals surface area contributed by atoms with E-state index in [4.69, 9.17) is 17.3 Å². The quantitative estimate of drug-likeness (QED) is 0.593. The molecule has 5 nitrogen and oxygen atoms in total. The van der Waals surface area contributed by atoms with Crippen molar-refractivity contribution in [3.05, 3.63) is 46.7 Å². The van der Waals surface area contributed by atoms with Crippen LogP contribution in [0, 0.1) is 0 Å². The monoisotopic (exact) mass is 293 g/mol. The second-order valence-electron chi connectivity index (χ2n) is 4.64. The molecule has 1 unspecified atom stereocenters. The standard InChI is InChI=1S/C14H20ClN5/c1-17-7-3-8-18-13-6-9-19-14(16,20-13)11-4-2-5-12(15)10-11/h2,4-6,9-10,17-18,20H,3,7-8,16H2,1H3. The van der Waals surface area contributed by atoms with Crippen LogP contribution in [0.25, 0.3) is 0 Å². The third kappa shape index (κ3) is 3.72. The zero-order chi connectivity index (χ0) is 14.4. The third-order valence-corrected chi connectivity index (χ3v) is 3.26. The fraction of sp³-hybridized carbons (Fsp3) is 0.357. The smallest absolute Gasteiger partial charge is 0.210 e. The van der Waals surface area contributed by atoms with E-state index in [1.165, 1.54) is 0 Å². The molecule has 0 aliphatic carbocycles. The average Bonchev–Trinajstić information content (AvgIpc) is 2.44. The highest BCUT2D eigenvalue weighted by Crippen LogP contribution is 2.22. The molecule has 1 aromatic rings. The fourth-order valence-electron chi connectivity index (χ4n) is 1.97. The largest absolute Gasteiger partial charge is 0.372 e. The summed E-state index contributed by atoms with van der Waals surface area (Å²) in [5, 5.41) is 10.3. The lowest BCUT2D eigenvalue weighted by Crippen LogP contribution is -2.52. The minimum absolute atomic E-state index is 0.641. The van der Waals surface area contributed by atoms with E-state index < -0.39 is 5.79 Å². The minimum Gasteiger partial charge on any atom is -0.372 e. The molecule has 108 valence electrons. The molecule has 0 spiro atoms. The zero-order valence-corrected chi connectivity index (χ0v) is 12.2. The maximum atomic E-state index is 6.31. The summed E-state index contributed by atoms with van der Waals surface area (Å²) in [6.07, 6.45) is 4.61. The van der Waals surface area contributed by atoms with Crippen LogP contribution < -0.4 is 21.7 Å². The van der Waals surface area contributed by atoms with Gasteiger partial charge in [-0.05, 0) is 38.2 Å². The Kier molecular flexibility index (Phi) is 5.00. The molecule has 1 atom stereocenters. The summed E-state index contributed by atoms with van der Waals surface area (Å²) in [6.45, 7) is 1.83. The van der Waals surface area contributed by atoms with Crippen LogP contribution in [0.3, 0.4) is 0 Å². The molecular weight excluding hydrogens is 274 g/mol. The number of allylic oxidation sites excluding steroid dienone is 1. The van der Waals surface area contributed by atoms with Gasteiger partial charge in [0.05, 0.1) is 0 Å². The Morgan fingerprint density at radius 3 is 3.00 bits per heavy atom. The molecule has 0 aromatic heterocycles. The lowest BCUT2D eigenvalue weighted by molar-refractivity contribution is 0.381. The number of rotatable bonds is 6. The molecule has 2 rings (SSSR count). The highest BCUT2D eigenvalue weighted by Gasteiger charge is 2.28. The van der Waals surface area contributed by atoms with Gasteiger partial charge >= 0.3 is 0 Å². The summed E-state index contributed by atoms with van der Waals surface area (Å²) in [5.41, 5.74) is 7.13. The van der Waals surface area contributed by atoms with E-state index in [0.717, 1.165) is 30.9 Å². The number of hydrogen-bond acceptors (Lipinski definition) is 5. The van der Waals surface area contributed by atoms with Crippen LogP contribution in [-0.2, 0) is 5.79 Å². The van der Waals surface area contributed by atoms with Crippen LogP contribution in [0.4, 0.5) is 0 Å². The molecule has 0 saturated heterocycles. The number of aliphatic imine (C=N–C) groups is 1. The number of benzene rings is 1. The zero-order valence-electron chi connectivity index (χ0n) is 11.5. The molecular formula is C14H20ClN5. The number of halogens is 1. The lowest BCUT2D eigenvalue weighted by atomic mass is 10.1. The number of nitrogens with zero attached hydrogens (tertiary/aromatic N) is 1. The SMILES string of the molecule is CNCCCNC1=CC=NC(N)(c2cccc(Cl)c2)N1. The molecule has 5 N–H and O–H groups in total. The molecule has 0 radical (unpaired) electrons. The maximum Gasteiger partial charge on any atom is 0.210 e. The molecule has 1 aromatic carbocycles. The van der Waals surface area contributed by atoms with E-state index >= 15 is 0 Å². The van der Waals surface area contributed by atoms with Gasteiger partial charge in [-0.1, -0.05) is 23.7 Å². The molecule has 1 aliphatic heterocycles. The first-order chi connectivity index (χ1) is 9.64. The van der Waals surface area contributed by atoms with Crippen molar-refractivity contribution in [3.8, 4) is 0 Å². The summed E-state index contributed by atoms with van der Waals surface area (Å²) >= 11 is 6.01. The summed E-state index contributed by atoms with van der Waals surface area (Å²) in [7, 11) is 1.94. The van der Waals surface area contributed by atoms with Crippen LogP contribution >= 0.6 is 11.6 Å². The van der Waals surface area contributed by atoms with Gasteiger partial charge in [0.2, 0.25) is 5.79 Å². The molecule has 1 aliphatic rings. The Hall–Kier alpha value is -1.56. The Labute approximate surface area is 124 Å². The van der Waals surface area contributed by atoms with Gasteiger partial charge in [0.15, 0.2) is 0 Å². The van der Waals surface area contributed by atoms with Crippen molar-refractivity contribution in [2.24, 2.45) is 10.7 Å². The van der Waals surface area contributed by atoms with Crippen molar-refractivity contribution in [1.82, 2.24) is 16.0 Å². The van der Waals surface area contributed by atoms with Gasteiger partial charge in [-0.2, -0.15) is 0 Å². The topological polar surface area (TPSA) is 74.5 Å².